The normalized spacial score (nSPS) is 15.2. The lowest BCUT2D eigenvalue weighted by molar-refractivity contribution is -0.134. The van der Waals surface area contributed by atoms with Crippen molar-refractivity contribution in [2.45, 2.75) is 31.9 Å². The third kappa shape index (κ3) is 4.89. The first-order valence-corrected chi connectivity index (χ1v) is 8.68. The number of amides is 1. The van der Waals surface area contributed by atoms with E-state index in [2.05, 4.69) is 22.4 Å². The van der Waals surface area contributed by atoms with E-state index in [9.17, 15) is 9.59 Å². The number of carbonyl (C=O) groups excluding carboxylic acids is 1. The molecule has 0 bridgehead atoms. The van der Waals surface area contributed by atoms with E-state index in [4.69, 9.17) is 9.84 Å². The van der Waals surface area contributed by atoms with E-state index in [0.717, 1.165) is 19.3 Å². The number of carboxylic acid groups (broad SMARTS) is 1. The molecule has 1 aliphatic rings. The minimum atomic E-state index is -1.16. The fraction of sp³-hybridized carbons (Fsp3) is 0.444. The molecular weight excluding hydrogens is 336 g/mol. The third-order valence-electron chi connectivity index (χ3n) is 4.44. The Balaban J connectivity index is 1.38. The minimum absolute atomic E-state index is 0.000188. The first-order chi connectivity index (χ1) is 12.6. The fourth-order valence-electron chi connectivity index (χ4n) is 2.97. The summed E-state index contributed by atoms with van der Waals surface area (Å²) in [4.78, 5) is 24.9. The number of ether oxygens (including phenoxy) is 1. The van der Waals surface area contributed by atoms with Crippen molar-refractivity contribution >= 4 is 11.9 Å². The second-order valence-corrected chi connectivity index (χ2v) is 6.29. The molecule has 1 aromatic heterocycles. The number of benzene rings is 1. The summed E-state index contributed by atoms with van der Waals surface area (Å²) in [5, 5.41) is 16.0. The smallest absolute Gasteiger partial charge is 0.358 e. The predicted molar refractivity (Wildman–Crippen MR) is 92.7 cm³/mol. The average Bonchev–Trinajstić information content (AvgIpc) is 3.12. The Morgan fingerprint density at radius 3 is 2.58 bits per heavy atom. The fourth-order valence-corrected chi connectivity index (χ4v) is 2.97. The van der Waals surface area contributed by atoms with Crippen LogP contribution >= 0.6 is 0 Å². The molecule has 1 fully saturated rings. The Morgan fingerprint density at radius 1 is 1.19 bits per heavy atom. The topological polar surface area (TPSA) is 97.5 Å². The Hall–Kier alpha value is -2.74. The van der Waals surface area contributed by atoms with Gasteiger partial charge in [0, 0.05) is 13.1 Å². The SMILES string of the molecule is O=C(O)c1cn(CC(=O)N2CCC(OCCc3ccccc3)CC2)nn1. The van der Waals surface area contributed by atoms with Crippen LogP contribution in [0.1, 0.15) is 28.9 Å². The number of aromatic carboxylic acids is 1. The Morgan fingerprint density at radius 2 is 1.92 bits per heavy atom. The number of likely N-dealkylation sites (tertiary alicyclic amines) is 1. The number of hydrogen-bond acceptors (Lipinski definition) is 5. The first-order valence-electron chi connectivity index (χ1n) is 8.68. The quantitative estimate of drug-likeness (QED) is 0.799. The number of carboxylic acids is 1. The van der Waals surface area contributed by atoms with Crippen LogP contribution in [0.2, 0.25) is 0 Å². The van der Waals surface area contributed by atoms with Gasteiger partial charge in [0.25, 0.3) is 0 Å². The highest BCUT2D eigenvalue weighted by molar-refractivity contribution is 5.84. The van der Waals surface area contributed by atoms with Gasteiger partial charge in [-0.3, -0.25) is 4.79 Å². The third-order valence-corrected chi connectivity index (χ3v) is 4.44. The van der Waals surface area contributed by atoms with E-state index in [0.29, 0.717) is 19.7 Å². The molecule has 1 aromatic carbocycles. The van der Waals surface area contributed by atoms with E-state index in [1.165, 1.54) is 16.4 Å². The average molecular weight is 358 g/mol. The summed E-state index contributed by atoms with van der Waals surface area (Å²) in [6.45, 7) is 1.95. The Labute approximate surface area is 151 Å². The molecule has 0 unspecified atom stereocenters. The van der Waals surface area contributed by atoms with Crippen LogP contribution in [-0.4, -0.2) is 62.7 Å². The van der Waals surface area contributed by atoms with Crippen molar-refractivity contribution in [2.75, 3.05) is 19.7 Å². The standard InChI is InChI=1S/C18H22N4O4/c23-17(13-22-12-16(18(24)25)19-20-22)21-9-6-15(7-10-21)26-11-8-14-4-2-1-3-5-14/h1-5,12,15H,6-11,13H2,(H,24,25). The zero-order valence-electron chi connectivity index (χ0n) is 14.5. The van der Waals surface area contributed by atoms with Crippen molar-refractivity contribution < 1.29 is 19.4 Å². The molecule has 1 amide bonds. The maximum absolute atomic E-state index is 12.3. The molecule has 0 saturated carbocycles. The van der Waals surface area contributed by atoms with Crippen LogP contribution in [0.5, 0.6) is 0 Å². The van der Waals surface area contributed by atoms with Gasteiger partial charge in [-0.15, -0.1) is 5.10 Å². The van der Waals surface area contributed by atoms with Gasteiger partial charge in [-0.25, -0.2) is 9.48 Å². The summed E-state index contributed by atoms with van der Waals surface area (Å²) >= 11 is 0. The second-order valence-electron chi connectivity index (χ2n) is 6.29. The maximum Gasteiger partial charge on any atom is 0.358 e. The lowest BCUT2D eigenvalue weighted by atomic mass is 10.1. The molecule has 0 radical (unpaired) electrons. The van der Waals surface area contributed by atoms with E-state index < -0.39 is 5.97 Å². The molecule has 0 aliphatic carbocycles. The summed E-state index contributed by atoms with van der Waals surface area (Å²) < 4.78 is 7.19. The summed E-state index contributed by atoms with van der Waals surface area (Å²) in [5.74, 6) is -1.24. The van der Waals surface area contributed by atoms with Crippen molar-refractivity contribution in [3.05, 3.63) is 47.8 Å². The molecule has 1 aliphatic heterocycles. The number of piperidine rings is 1. The lowest BCUT2D eigenvalue weighted by Gasteiger charge is -2.32. The highest BCUT2D eigenvalue weighted by Gasteiger charge is 2.23. The van der Waals surface area contributed by atoms with Gasteiger partial charge in [-0.05, 0) is 24.8 Å². The van der Waals surface area contributed by atoms with Gasteiger partial charge in [0.1, 0.15) is 6.54 Å². The molecule has 8 heteroatoms. The van der Waals surface area contributed by atoms with Crippen molar-refractivity contribution in [3.63, 3.8) is 0 Å². The second kappa shape index (κ2) is 8.57. The number of nitrogens with zero attached hydrogens (tertiary/aromatic N) is 4. The number of rotatable bonds is 7. The molecule has 2 aromatic rings. The molecule has 1 saturated heterocycles. The molecule has 3 rings (SSSR count). The number of hydrogen-bond donors (Lipinski definition) is 1. The van der Waals surface area contributed by atoms with Crippen molar-refractivity contribution in [1.82, 2.24) is 19.9 Å². The van der Waals surface area contributed by atoms with Crippen molar-refractivity contribution in [1.29, 1.82) is 0 Å². The molecule has 0 spiro atoms. The molecule has 2 heterocycles. The summed E-state index contributed by atoms with van der Waals surface area (Å²) in [6.07, 6.45) is 3.93. The maximum atomic E-state index is 12.3. The summed E-state index contributed by atoms with van der Waals surface area (Å²) in [5.41, 5.74) is 1.09. The largest absolute Gasteiger partial charge is 0.476 e. The Kier molecular flexibility index (Phi) is 5.96. The van der Waals surface area contributed by atoms with Gasteiger partial charge in [-0.2, -0.15) is 0 Å². The first kappa shape index (κ1) is 18.1. The van der Waals surface area contributed by atoms with E-state index >= 15 is 0 Å². The van der Waals surface area contributed by atoms with E-state index in [1.54, 1.807) is 4.90 Å². The van der Waals surface area contributed by atoms with Crippen LogP contribution < -0.4 is 0 Å². The summed E-state index contributed by atoms with van der Waals surface area (Å²) in [6, 6.07) is 10.2. The molecular formula is C18H22N4O4. The van der Waals surface area contributed by atoms with Crippen LogP contribution in [0.3, 0.4) is 0 Å². The highest BCUT2D eigenvalue weighted by Crippen LogP contribution is 2.15. The monoisotopic (exact) mass is 358 g/mol. The van der Waals surface area contributed by atoms with Gasteiger partial charge in [-0.1, -0.05) is 35.5 Å². The highest BCUT2D eigenvalue weighted by atomic mass is 16.5. The van der Waals surface area contributed by atoms with Gasteiger partial charge >= 0.3 is 5.97 Å². The van der Waals surface area contributed by atoms with Crippen LogP contribution in [0.15, 0.2) is 36.5 Å². The zero-order chi connectivity index (χ0) is 18.4. The van der Waals surface area contributed by atoms with E-state index in [1.807, 2.05) is 18.2 Å². The lowest BCUT2D eigenvalue weighted by Crippen LogP contribution is -2.42. The van der Waals surface area contributed by atoms with Crippen molar-refractivity contribution in [3.8, 4) is 0 Å². The van der Waals surface area contributed by atoms with Gasteiger partial charge in [0.05, 0.1) is 18.9 Å². The zero-order valence-corrected chi connectivity index (χ0v) is 14.5. The molecule has 0 atom stereocenters. The van der Waals surface area contributed by atoms with Gasteiger partial charge < -0.3 is 14.7 Å². The predicted octanol–water partition coefficient (Wildman–Crippen LogP) is 1.23. The van der Waals surface area contributed by atoms with E-state index in [-0.39, 0.29) is 24.2 Å². The van der Waals surface area contributed by atoms with Crippen LogP contribution in [0, 0.1) is 0 Å². The number of carbonyl (C=O) groups is 2. The molecule has 8 nitrogen and oxygen atoms in total. The van der Waals surface area contributed by atoms with Crippen molar-refractivity contribution in [2.24, 2.45) is 0 Å². The summed E-state index contributed by atoms with van der Waals surface area (Å²) in [7, 11) is 0. The van der Waals surface area contributed by atoms with Gasteiger partial charge in [0.15, 0.2) is 5.69 Å². The Bertz CT molecular complexity index is 739. The van der Waals surface area contributed by atoms with Gasteiger partial charge in [0.2, 0.25) is 5.91 Å². The molecule has 138 valence electrons. The minimum Gasteiger partial charge on any atom is -0.476 e. The van der Waals surface area contributed by atoms with Crippen LogP contribution in [0.25, 0.3) is 0 Å². The molecule has 26 heavy (non-hydrogen) atoms. The molecule has 1 N–H and O–H groups in total. The number of aromatic nitrogens is 3. The van der Waals surface area contributed by atoms with Crippen LogP contribution in [0.4, 0.5) is 0 Å². The van der Waals surface area contributed by atoms with Crippen LogP contribution in [-0.2, 0) is 22.5 Å².